The maximum absolute atomic E-state index is 13.7. The summed E-state index contributed by atoms with van der Waals surface area (Å²) in [6.45, 7) is 2.35. The molecular formula is C28H23Cl2N10NaO7S3. The quantitative estimate of drug-likeness (QED) is 0.0237. The number of fused-ring (bicyclic) bond motifs is 1. The monoisotopic (exact) mass is 800 g/mol. The zero-order chi connectivity index (χ0) is 35.9. The van der Waals surface area contributed by atoms with Gasteiger partial charge in [-0.1, -0.05) is 39.7 Å². The molecule has 0 aliphatic carbocycles. The number of nitrogens with zero attached hydrogens (tertiary/aromatic N) is 8. The van der Waals surface area contributed by atoms with Gasteiger partial charge in [-0.05, 0) is 31.6 Å². The number of carbonyl (C=O) groups excluding carboxylic acids is 3. The largest absolute Gasteiger partial charge is 1.00 e. The Morgan fingerprint density at radius 3 is 2.75 bits per heavy atom. The molecular weight excluding hydrogens is 778 g/mol. The third kappa shape index (κ3) is 7.77. The first-order valence-corrected chi connectivity index (χ1v) is 17.8. The van der Waals surface area contributed by atoms with Crippen molar-refractivity contribution in [3.05, 3.63) is 63.1 Å². The fraction of sp³-hybridized carbons (Fsp3) is 0.250. The molecule has 5 N–H and O–H groups in total. The molecule has 1 fully saturated rings. The number of β-lactam (4-membered cyclic amide) rings is 1. The van der Waals surface area contributed by atoms with Gasteiger partial charge in [0.15, 0.2) is 45.4 Å². The van der Waals surface area contributed by atoms with Crippen LogP contribution in [0.1, 0.15) is 25.4 Å². The molecule has 2 aliphatic rings. The minimum absolute atomic E-state index is 0. The molecule has 0 radical (unpaired) electrons. The first-order chi connectivity index (χ1) is 23.8. The molecule has 0 spiro atoms. The number of oxime groups is 1. The van der Waals surface area contributed by atoms with Crippen LogP contribution >= 0.6 is 58.1 Å². The SMILES string of the molecule is CC(C)(O/N=C(\C(=O)N[C@@H]1C(=O)N2C(c3nnn[n-]3)=C(CSc3ccc[n+](-c4ccc(O)c(O)c4Cl)c3)CS[C@H]12)c1nc(N)sc1Cl)C(=O)[O-].[Na+]. The van der Waals surface area contributed by atoms with E-state index >= 15 is 0 Å². The van der Waals surface area contributed by atoms with E-state index in [0.717, 1.165) is 21.8 Å². The topological polar surface area (TPSA) is 247 Å². The van der Waals surface area contributed by atoms with Gasteiger partial charge in [0.2, 0.25) is 5.69 Å². The van der Waals surface area contributed by atoms with E-state index < -0.39 is 46.3 Å². The van der Waals surface area contributed by atoms with Crippen LogP contribution in [0.4, 0.5) is 5.13 Å². The van der Waals surface area contributed by atoms with Crippen LogP contribution in [-0.4, -0.2) is 87.6 Å². The maximum atomic E-state index is 13.7. The van der Waals surface area contributed by atoms with Crippen molar-refractivity contribution in [3.8, 4) is 17.2 Å². The minimum atomic E-state index is -1.92. The molecule has 5 heterocycles. The van der Waals surface area contributed by atoms with Crippen molar-refractivity contribution in [1.29, 1.82) is 0 Å². The summed E-state index contributed by atoms with van der Waals surface area (Å²) >= 11 is 16.2. The molecule has 1 saturated heterocycles. The zero-order valence-corrected chi connectivity index (χ0v) is 32.6. The molecule has 0 bridgehead atoms. The number of anilines is 1. The second-order valence-corrected chi connectivity index (χ2v) is 15.2. The fourth-order valence-corrected chi connectivity index (χ4v) is 8.31. The Bertz CT molecular complexity index is 2080. The van der Waals surface area contributed by atoms with Gasteiger partial charge >= 0.3 is 29.6 Å². The fourth-order valence-electron chi connectivity index (χ4n) is 4.71. The van der Waals surface area contributed by atoms with Gasteiger partial charge < -0.3 is 41.1 Å². The molecule has 2 atom stereocenters. The van der Waals surface area contributed by atoms with Crippen LogP contribution in [0, 0.1) is 0 Å². The number of thioether (sulfide) groups is 2. The number of phenols is 2. The predicted molar refractivity (Wildman–Crippen MR) is 180 cm³/mol. The predicted octanol–water partition coefficient (Wildman–Crippen LogP) is -2.28. The van der Waals surface area contributed by atoms with Gasteiger partial charge in [-0.25, -0.2) is 4.98 Å². The van der Waals surface area contributed by atoms with Gasteiger partial charge in [-0.2, -0.15) is 9.78 Å². The Kier molecular flexibility index (Phi) is 11.8. The van der Waals surface area contributed by atoms with Crippen molar-refractivity contribution in [2.45, 2.75) is 35.8 Å². The summed E-state index contributed by atoms with van der Waals surface area (Å²) in [4.78, 5) is 50.1. The molecule has 2 aliphatic heterocycles. The molecule has 260 valence electrons. The number of aromatic nitrogens is 6. The van der Waals surface area contributed by atoms with E-state index in [9.17, 15) is 29.7 Å². The van der Waals surface area contributed by atoms with Crippen LogP contribution in [0.15, 0.2) is 52.3 Å². The van der Waals surface area contributed by atoms with Crippen LogP contribution in [-0.2, 0) is 19.2 Å². The molecule has 0 unspecified atom stereocenters. The molecule has 23 heteroatoms. The van der Waals surface area contributed by atoms with Crippen molar-refractivity contribution < 1.29 is 68.7 Å². The summed E-state index contributed by atoms with van der Waals surface area (Å²) in [5.74, 6) is -2.82. The number of nitrogens with two attached hydrogens (primary N) is 1. The summed E-state index contributed by atoms with van der Waals surface area (Å²) < 4.78 is 1.69. The zero-order valence-electron chi connectivity index (χ0n) is 26.6. The number of pyridine rings is 1. The smallest absolute Gasteiger partial charge is 0.546 e. The van der Waals surface area contributed by atoms with E-state index in [1.54, 1.807) is 29.1 Å². The summed E-state index contributed by atoms with van der Waals surface area (Å²) in [6.07, 6.45) is 3.53. The van der Waals surface area contributed by atoms with Crippen molar-refractivity contribution in [2.24, 2.45) is 5.16 Å². The average molecular weight is 802 g/mol. The molecule has 1 aromatic carbocycles. The van der Waals surface area contributed by atoms with Crippen molar-refractivity contribution >= 4 is 92.4 Å². The third-order valence-electron chi connectivity index (χ3n) is 7.30. The molecule has 2 amide bonds. The first kappa shape index (κ1) is 38.6. The number of amides is 2. The Labute approximate surface area is 332 Å². The van der Waals surface area contributed by atoms with Gasteiger partial charge in [-0.15, -0.1) is 23.5 Å². The number of carbonyl (C=O) groups is 3. The van der Waals surface area contributed by atoms with E-state index in [1.807, 2.05) is 6.07 Å². The van der Waals surface area contributed by atoms with Crippen LogP contribution in [0.25, 0.3) is 11.4 Å². The number of hydrogen-bond donors (Lipinski definition) is 4. The number of benzene rings is 1. The van der Waals surface area contributed by atoms with Crippen LogP contribution in [0.5, 0.6) is 11.5 Å². The Balaban J connectivity index is 0.00000504. The number of rotatable bonds is 11. The number of thiazole rings is 1. The van der Waals surface area contributed by atoms with E-state index in [2.05, 4.69) is 36.1 Å². The van der Waals surface area contributed by atoms with E-state index in [0.29, 0.717) is 22.9 Å². The second-order valence-electron chi connectivity index (χ2n) is 11.0. The molecule has 3 aromatic heterocycles. The average Bonchev–Trinajstić information content (AvgIpc) is 3.74. The standard InChI is InChI=1S/C28H24Cl2N10O7S3.Na/c1-28(2,26(45)46)47-36-17(16-21(30)50-27(31)33-16)23(43)32-18-24(44)40-19(22-34-37-38-35-22)11(10-49-25(18)40)9-48-12-4-3-7-39(8-12)13-5-6-14(41)20(42)15(13)29;/h3-8,18,25H,9-10H2,1-2H3,(H6-,31,32,33,34,35,36,37,38,41,42,43,45,46);/q;+1/p-1/t18-,25-;/m1./s1. The summed E-state index contributed by atoms with van der Waals surface area (Å²) in [5, 5.41) is 52.2. The van der Waals surface area contributed by atoms with E-state index in [4.69, 9.17) is 33.8 Å². The van der Waals surface area contributed by atoms with Crippen molar-refractivity contribution in [1.82, 2.24) is 35.8 Å². The first-order valence-electron chi connectivity index (χ1n) is 14.2. The van der Waals surface area contributed by atoms with Gasteiger partial charge in [0, 0.05) is 23.6 Å². The normalized spacial score (nSPS) is 17.4. The summed E-state index contributed by atoms with van der Waals surface area (Å²) in [5.41, 5.74) is 4.84. The van der Waals surface area contributed by atoms with Crippen LogP contribution in [0.3, 0.4) is 0 Å². The van der Waals surface area contributed by atoms with Crippen LogP contribution in [0.2, 0.25) is 9.36 Å². The summed E-state index contributed by atoms with van der Waals surface area (Å²) in [6, 6.07) is 5.52. The minimum Gasteiger partial charge on any atom is -0.546 e. The molecule has 0 saturated carbocycles. The number of aromatic hydroxyl groups is 2. The van der Waals surface area contributed by atoms with E-state index in [-0.39, 0.29) is 61.3 Å². The number of tetrazole rings is 1. The van der Waals surface area contributed by atoms with E-state index in [1.165, 1.54) is 48.3 Å². The number of hydrogen-bond acceptors (Lipinski definition) is 16. The molecule has 17 nitrogen and oxygen atoms in total. The van der Waals surface area contributed by atoms with Crippen molar-refractivity contribution in [3.63, 3.8) is 0 Å². The Morgan fingerprint density at radius 1 is 1.31 bits per heavy atom. The molecule has 51 heavy (non-hydrogen) atoms. The number of nitrogen functional groups attached to an aromatic ring is 1. The second kappa shape index (κ2) is 15.5. The van der Waals surface area contributed by atoms with Crippen LogP contribution < -0.4 is 55.4 Å². The molecule has 6 rings (SSSR count). The number of carboxylic acids is 1. The number of aliphatic carboxylic acids is 1. The number of nitrogens with one attached hydrogen (secondary N) is 1. The third-order valence-corrected chi connectivity index (χ3v) is 11.2. The van der Waals surface area contributed by atoms with Crippen molar-refractivity contribution in [2.75, 3.05) is 17.2 Å². The van der Waals surface area contributed by atoms with Gasteiger partial charge in [0.1, 0.15) is 21.4 Å². The van der Waals surface area contributed by atoms with Gasteiger partial charge in [0.25, 0.3) is 11.8 Å². The Hall–Kier alpha value is -3.63. The number of phenolic OH excluding ortho intramolecular Hbond substituents is 2. The Morgan fingerprint density at radius 2 is 2.08 bits per heavy atom. The summed E-state index contributed by atoms with van der Waals surface area (Å²) in [7, 11) is 0. The number of carboxylic acid groups (broad SMARTS) is 1. The van der Waals surface area contributed by atoms with Gasteiger partial charge in [-0.3, -0.25) is 24.8 Å². The maximum Gasteiger partial charge on any atom is 1.00 e. The van der Waals surface area contributed by atoms with Gasteiger partial charge in [0.05, 0.1) is 22.4 Å². The number of halogens is 2. The molecule has 4 aromatic rings.